The van der Waals surface area contributed by atoms with E-state index in [2.05, 4.69) is 4.99 Å². The molecule has 0 aliphatic rings. The number of aliphatic imine (C=N–C) groups is 1. The number of isocyanates is 1. The Morgan fingerprint density at radius 3 is 2.43 bits per heavy atom. The summed E-state index contributed by atoms with van der Waals surface area (Å²) in [5, 5.41) is -0.492. The highest BCUT2D eigenvalue weighted by Crippen LogP contribution is 2.36. The molecule has 0 amide bonds. The lowest BCUT2D eigenvalue weighted by molar-refractivity contribution is -0.137. The third kappa shape index (κ3) is 2.34. The summed E-state index contributed by atoms with van der Waals surface area (Å²) in [7, 11) is 0. The Bertz CT molecular complexity index is 396. The second-order valence-corrected chi connectivity index (χ2v) is 2.77. The third-order valence-electron chi connectivity index (χ3n) is 1.43. The Kier molecular flexibility index (Phi) is 2.93. The molecule has 1 aromatic rings. The van der Waals surface area contributed by atoms with Crippen LogP contribution in [0, 0.1) is 0 Å². The van der Waals surface area contributed by atoms with Crippen molar-refractivity contribution < 1.29 is 18.0 Å². The SMILES string of the molecule is O=C=Nc1ccc(C(F)(F)F)c(Cl)c1. The van der Waals surface area contributed by atoms with Gasteiger partial charge in [-0.25, -0.2) is 4.79 Å². The molecule has 0 spiro atoms. The highest BCUT2D eigenvalue weighted by atomic mass is 35.5. The molecule has 0 aromatic heterocycles. The minimum atomic E-state index is -4.50. The Labute approximate surface area is 82.0 Å². The van der Waals surface area contributed by atoms with Crippen molar-refractivity contribution in [1.82, 2.24) is 0 Å². The molecule has 1 aromatic carbocycles. The highest BCUT2D eigenvalue weighted by molar-refractivity contribution is 6.31. The zero-order chi connectivity index (χ0) is 10.8. The second-order valence-electron chi connectivity index (χ2n) is 2.36. The Morgan fingerprint density at radius 1 is 1.36 bits per heavy atom. The number of alkyl halides is 3. The lowest BCUT2D eigenvalue weighted by atomic mass is 10.2. The molecular formula is C8H3ClF3NO. The molecule has 0 heterocycles. The fourth-order valence-electron chi connectivity index (χ4n) is 0.856. The molecular weight excluding hydrogens is 219 g/mol. The van der Waals surface area contributed by atoms with Gasteiger partial charge in [0.25, 0.3) is 0 Å². The first kappa shape index (κ1) is 10.8. The van der Waals surface area contributed by atoms with Crippen molar-refractivity contribution >= 4 is 23.4 Å². The van der Waals surface area contributed by atoms with E-state index in [1.807, 2.05) is 0 Å². The summed E-state index contributed by atoms with van der Waals surface area (Å²) in [5.74, 6) is 0. The molecule has 0 radical (unpaired) electrons. The molecule has 0 N–H and O–H groups in total. The largest absolute Gasteiger partial charge is 0.417 e. The molecule has 6 heteroatoms. The van der Waals surface area contributed by atoms with Crippen molar-refractivity contribution in [3.05, 3.63) is 28.8 Å². The number of hydrogen-bond acceptors (Lipinski definition) is 2. The van der Waals surface area contributed by atoms with Crippen LogP contribution >= 0.6 is 11.6 Å². The smallest absolute Gasteiger partial charge is 0.211 e. The molecule has 0 fully saturated rings. The molecule has 0 aliphatic heterocycles. The van der Waals surface area contributed by atoms with Crippen molar-refractivity contribution in [2.75, 3.05) is 0 Å². The van der Waals surface area contributed by atoms with Crippen LogP contribution in [0.25, 0.3) is 0 Å². The Balaban J connectivity index is 3.20. The standard InChI is InChI=1S/C8H3ClF3NO/c9-7-3-5(13-4-14)1-2-6(7)8(10,11)12/h1-3H. The van der Waals surface area contributed by atoms with Gasteiger partial charge in [0.15, 0.2) is 0 Å². The van der Waals surface area contributed by atoms with Gasteiger partial charge in [0, 0.05) is 0 Å². The summed E-state index contributed by atoms with van der Waals surface area (Å²) in [4.78, 5) is 12.9. The van der Waals surface area contributed by atoms with Crippen LogP contribution < -0.4 is 0 Å². The van der Waals surface area contributed by atoms with Crippen molar-refractivity contribution in [2.45, 2.75) is 6.18 Å². The highest BCUT2D eigenvalue weighted by Gasteiger charge is 2.32. The van der Waals surface area contributed by atoms with Gasteiger partial charge in [-0.15, -0.1) is 0 Å². The van der Waals surface area contributed by atoms with E-state index in [-0.39, 0.29) is 5.69 Å². The van der Waals surface area contributed by atoms with Gasteiger partial charge >= 0.3 is 6.18 Å². The van der Waals surface area contributed by atoms with Crippen LogP contribution in [0.15, 0.2) is 23.2 Å². The lowest BCUT2D eigenvalue weighted by Crippen LogP contribution is -2.05. The molecule has 14 heavy (non-hydrogen) atoms. The fraction of sp³-hybridized carbons (Fsp3) is 0.125. The average Bonchev–Trinajstić information content (AvgIpc) is 2.02. The maximum atomic E-state index is 12.2. The topological polar surface area (TPSA) is 29.4 Å². The molecule has 0 saturated heterocycles. The van der Waals surface area contributed by atoms with Crippen LogP contribution in [-0.4, -0.2) is 6.08 Å². The van der Waals surface area contributed by atoms with Gasteiger partial charge in [-0.3, -0.25) is 0 Å². The van der Waals surface area contributed by atoms with Crippen LogP contribution in [0.1, 0.15) is 5.56 Å². The van der Waals surface area contributed by atoms with Crippen molar-refractivity contribution in [2.24, 2.45) is 4.99 Å². The summed E-state index contributed by atoms with van der Waals surface area (Å²) in [6.45, 7) is 0. The molecule has 0 saturated carbocycles. The van der Waals surface area contributed by atoms with Crippen molar-refractivity contribution in [3.63, 3.8) is 0 Å². The molecule has 2 nitrogen and oxygen atoms in total. The fourth-order valence-corrected chi connectivity index (χ4v) is 1.14. The van der Waals surface area contributed by atoms with Gasteiger partial charge in [0.2, 0.25) is 6.08 Å². The number of hydrogen-bond donors (Lipinski definition) is 0. The second kappa shape index (κ2) is 3.82. The lowest BCUT2D eigenvalue weighted by Gasteiger charge is -2.08. The van der Waals surface area contributed by atoms with E-state index in [9.17, 15) is 18.0 Å². The number of nitrogens with zero attached hydrogens (tertiary/aromatic N) is 1. The predicted molar refractivity (Wildman–Crippen MR) is 44.2 cm³/mol. The third-order valence-corrected chi connectivity index (χ3v) is 1.75. The summed E-state index contributed by atoms with van der Waals surface area (Å²) in [6.07, 6.45) is -3.29. The Hall–Kier alpha value is -1.32. The van der Waals surface area contributed by atoms with Crippen molar-refractivity contribution in [1.29, 1.82) is 0 Å². The van der Waals surface area contributed by atoms with Gasteiger partial charge in [-0.1, -0.05) is 11.6 Å². The van der Waals surface area contributed by atoms with E-state index >= 15 is 0 Å². The van der Waals surface area contributed by atoms with E-state index in [0.717, 1.165) is 18.2 Å². The minimum Gasteiger partial charge on any atom is -0.211 e. The number of rotatable bonds is 1. The quantitative estimate of drug-likeness (QED) is 0.528. The van der Waals surface area contributed by atoms with Gasteiger partial charge in [-0.05, 0) is 18.2 Å². The number of benzene rings is 1. The molecule has 0 unspecified atom stereocenters. The van der Waals surface area contributed by atoms with E-state index in [1.165, 1.54) is 6.08 Å². The summed E-state index contributed by atoms with van der Waals surface area (Å²) in [6, 6.07) is 2.76. The van der Waals surface area contributed by atoms with Crippen LogP contribution in [0.3, 0.4) is 0 Å². The van der Waals surface area contributed by atoms with Crippen LogP contribution in [-0.2, 0) is 11.0 Å². The first-order valence-corrected chi connectivity index (χ1v) is 3.77. The normalized spacial score (nSPS) is 10.9. The van der Waals surface area contributed by atoms with E-state index in [0.29, 0.717) is 0 Å². The Morgan fingerprint density at radius 2 is 2.00 bits per heavy atom. The molecule has 0 bridgehead atoms. The van der Waals surface area contributed by atoms with Gasteiger partial charge in [-0.2, -0.15) is 18.2 Å². The zero-order valence-electron chi connectivity index (χ0n) is 6.60. The summed E-state index contributed by atoms with van der Waals surface area (Å²) in [5.41, 5.74) is -0.915. The van der Waals surface area contributed by atoms with Gasteiger partial charge < -0.3 is 0 Å². The van der Waals surface area contributed by atoms with Crippen molar-refractivity contribution in [3.8, 4) is 0 Å². The molecule has 0 atom stereocenters. The zero-order valence-corrected chi connectivity index (χ0v) is 7.36. The van der Waals surface area contributed by atoms with Crippen LogP contribution in [0.2, 0.25) is 5.02 Å². The van der Waals surface area contributed by atoms with E-state index in [1.54, 1.807) is 0 Å². The first-order valence-electron chi connectivity index (χ1n) is 3.40. The maximum absolute atomic E-state index is 12.2. The van der Waals surface area contributed by atoms with Crippen LogP contribution in [0.5, 0.6) is 0 Å². The van der Waals surface area contributed by atoms with Gasteiger partial charge in [0.05, 0.1) is 16.3 Å². The maximum Gasteiger partial charge on any atom is 0.417 e. The van der Waals surface area contributed by atoms with Crippen LogP contribution in [0.4, 0.5) is 18.9 Å². The molecule has 1 rings (SSSR count). The average molecular weight is 222 g/mol. The number of carbonyl (C=O) groups excluding carboxylic acids is 1. The van der Waals surface area contributed by atoms with E-state index < -0.39 is 16.8 Å². The monoisotopic (exact) mass is 221 g/mol. The summed E-state index contributed by atoms with van der Waals surface area (Å²) < 4.78 is 36.5. The molecule has 74 valence electrons. The summed E-state index contributed by atoms with van der Waals surface area (Å²) >= 11 is 5.34. The van der Waals surface area contributed by atoms with E-state index in [4.69, 9.17) is 11.6 Å². The van der Waals surface area contributed by atoms with Gasteiger partial charge in [0.1, 0.15) is 0 Å². The first-order chi connectivity index (χ1) is 6.45. The number of halogens is 4. The molecule has 0 aliphatic carbocycles. The predicted octanol–water partition coefficient (Wildman–Crippen LogP) is 3.33. The minimum absolute atomic E-state index is 0.0398.